The van der Waals surface area contributed by atoms with E-state index in [1.807, 2.05) is 0 Å². The van der Waals surface area contributed by atoms with Crippen LogP contribution in [0.3, 0.4) is 0 Å². The Hall–Kier alpha value is -5.08. The van der Waals surface area contributed by atoms with Crippen LogP contribution in [-0.2, 0) is 0 Å². The minimum Gasteiger partial charge on any atom is -0.496 e. The van der Waals surface area contributed by atoms with Gasteiger partial charge in [-0.25, -0.2) is 4.98 Å². The van der Waals surface area contributed by atoms with Gasteiger partial charge in [-0.3, -0.25) is 15.0 Å². The molecule has 0 radical (unpaired) electrons. The number of terminal acetylenes is 2. The van der Waals surface area contributed by atoms with Crippen molar-refractivity contribution >= 4 is 23.5 Å². The molecule has 8 nitrogen and oxygen atoms in total. The topological polar surface area (TPSA) is 121 Å². The van der Waals surface area contributed by atoms with Crippen molar-refractivity contribution in [2.45, 2.75) is 0 Å². The van der Waals surface area contributed by atoms with Crippen LogP contribution in [0.5, 0.6) is 5.75 Å². The molecule has 0 aliphatic carbocycles. The number of hydrogen-bond acceptors (Lipinski definition) is 5. The number of methoxy groups -OCH3 is 1. The zero-order chi connectivity index (χ0) is 25.5. The van der Waals surface area contributed by atoms with E-state index in [0.29, 0.717) is 23.2 Å². The molecule has 0 atom stereocenters. The number of amidine groups is 1. The summed E-state index contributed by atoms with van der Waals surface area (Å²) in [6, 6.07) is 13.5. The lowest BCUT2D eigenvalue weighted by atomic mass is 9.96. The standard InChI is InChI=1S/C27H23N5O3/c1-5-13-32(3)25(28)19-10-8-18(9-11-19)20-14-21(24(26(29)33)22(15-20)35-4)27(34)31-23-12-7-17(6-2)16-30-23/h1-2,7-12,14-16,28H,13H2,3-4H3,(H2,29,33)(H,30,31,34). The van der Waals surface area contributed by atoms with E-state index in [1.165, 1.54) is 13.3 Å². The number of carbonyl (C=O) groups excluding carboxylic acids is 2. The first-order valence-corrected chi connectivity index (χ1v) is 10.4. The minimum atomic E-state index is -0.811. The Morgan fingerprint density at radius 3 is 2.40 bits per heavy atom. The molecule has 4 N–H and O–H groups in total. The molecule has 0 bridgehead atoms. The summed E-state index contributed by atoms with van der Waals surface area (Å²) in [5, 5.41) is 10.9. The number of nitrogens with two attached hydrogens (primary N) is 1. The molecule has 3 aromatic rings. The average Bonchev–Trinajstić information content (AvgIpc) is 2.87. The fourth-order valence-corrected chi connectivity index (χ4v) is 3.37. The van der Waals surface area contributed by atoms with E-state index in [9.17, 15) is 9.59 Å². The lowest BCUT2D eigenvalue weighted by Gasteiger charge is -2.18. The van der Waals surface area contributed by atoms with E-state index < -0.39 is 11.8 Å². The minimum absolute atomic E-state index is 0.0280. The van der Waals surface area contributed by atoms with Crippen molar-refractivity contribution in [2.75, 3.05) is 26.0 Å². The Labute approximate surface area is 203 Å². The van der Waals surface area contributed by atoms with Gasteiger partial charge >= 0.3 is 0 Å². The van der Waals surface area contributed by atoms with Crippen LogP contribution in [0.1, 0.15) is 31.8 Å². The Morgan fingerprint density at radius 1 is 1.14 bits per heavy atom. The van der Waals surface area contributed by atoms with E-state index in [2.05, 4.69) is 22.1 Å². The largest absolute Gasteiger partial charge is 0.496 e. The number of pyridine rings is 1. The van der Waals surface area contributed by atoms with Crippen molar-refractivity contribution in [3.8, 4) is 41.6 Å². The second-order valence-electron chi connectivity index (χ2n) is 7.48. The van der Waals surface area contributed by atoms with Crippen molar-refractivity contribution in [1.29, 1.82) is 5.41 Å². The Kier molecular flexibility index (Phi) is 7.50. The zero-order valence-corrected chi connectivity index (χ0v) is 19.3. The zero-order valence-electron chi connectivity index (χ0n) is 19.3. The summed E-state index contributed by atoms with van der Waals surface area (Å²) >= 11 is 0. The molecule has 35 heavy (non-hydrogen) atoms. The smallest absolute Gasteiger partial charge is 0.257 e. The van der Waals surface area contributed by atoms with Crippen molar-refractivity contribution in [1.82, 2.24) is 9.88 Å². The molecule has 8 heteroatoms. The predicted molar refractivity (Wildman–Crippen MR) is 135 cm³/mol. The van der Waals surface area contributed by atoms with E-state index in [4.69, 9.17) is 28.7 Å². The number of primary amides is 1. The highest BCUT2D eigenvalue weighted by Gasteiger charge is 2.22. The first-order chi connectivity index (χ1) is 16.8. The first-order valence-electron chi connectivity index (χ1n) is 10.4. The Bertz CT molecular complexity index is 1360. The average molecular weight is 466 g/mol. The number of benzene rings is 2. The molecule has 3 rings (SSSR count). The van der Waals surface area contributed by atoms with Crippen LogP contribution in [0.2, 0.25) is 0 Å². The van der Waals surface area contributed by atoms with Gasteiger partial charge in [-0.2, -0.15) is 0 Å². The van der Waals surface area contributed by atoms with Gasteiger partial charge in [-0.15, -0.1) is 12.8 Å². The summed E-state index contributed by atoms with van der Waals surface area (Å²) in [6.45, 7) is 0.311. The number of aromatic nitrogens is 1. The molecule has 0 saturated carbocycles. The third kappa shape index (κ3) is 5.47. The number of rotatable bonds is 7. The van der Waals surface area contributed by atoms with Crippen molar-refractivity contribution in [3.05, 3.63) is 77.0 Å². The quantitative estimate of drug-likeness (QED) is 0.281. The summed E-state index contributed by atoms with van der Waals surface area (Å²) in [7, 11) is 3.13. The molecule has 0 spiro atoms. The Morgan fingerprint density at radius 2 is 1.86 bits per heavy atom. The first kappa shape index (κ1) is 24.6. The lowest BCUT2D eigenvalue weighted by Crippen LogP contribution is -2.26. The molecule has 0 fully saturated rings. The molecule has 1 aromatic heterocycles. The van der Waals surface area contributed by atoms with Crippen LogP contribution < -0.4 is 15.8 Å². The number of nitrogens with zero attached hydrogens (tertiary/aromatic N) is 2. The highest BCUT2D eigenvalue weighted by atomic mass is 16.5. The lowest BCUT2D eigenvalue weighted by molar-refractivity contribution is 0.0974. The molecular weight excluding hydrogens is 442 g/mol. The summed E-state index contributed by atoms with van der Waals surface area (Å²) in [6.07, 6.45) is 12.1. The fraction of sp³-hybridized carbons (Fsp3) is 0.111. The van der Waals surface area contributed by atoms with Gasteiger partial charge in [0.25, 0.3) is 11.8 Å². The van der Waals surface area contributed by atoms with Crippen LogP contribution in [0, 0.1) is 30.1 Å². The highest BCUT2D eigenvalue weighted by molar-refractivity contribution is 6.13. The summed E-state index contributed by atoms with van der Waals surface area (Å²) in [5.74, 6) is 4.24. The van der Waals surface area contributed by atoms with Crippen molar-refractivity contribution in [2.24, 2.45) is 5.73 Å². The van der Waals surface area contributed by atoms with Gasteiger partial charge in [-0.05, 0) is 35.4 Å². The normalized spacial score (nSPS) is 9.94. The van der Waals surface area contributed by atoms with Crippen LogP contribution in [0.25, 0.3) is 11.1 Å². The van der Waals surface area contributed by atoms with Gasteiger partial charge in [-0.1, -0.05) is 36.1 Å². The van der Waals surface area contributed by atoms with E-state index in [-0.39, 0.29) is 28.5 Å². The molecule has 0 aliphatic heterocycles. The molecule has 2 aromatic carbocycles. The predicted octanol–water partition coefficient (Wildman–Crippen LogP) is 2.98. The third-order valence-corrected chi connectivity index (χ3v) is 5.19. The molecule has 174 valence electrons. The van der Waals surface area contributed by atoms with E-state index in [0.717, 1.165) is 5.56 Å². The van der Waals surface area contributed by atoms with Gasteiger partial charge in [0.1, 0.15) is 17.4 Å². The maximum absolute atomic E-state index is 13.1. The van der Waals surface area contributed by atoms with Gasteiger partial charge in [0.15, 0.2) is 0 Å². The maximum Gasteiger partial charge on any atom is 0.257 e. The van der Waals surface area contributed by atoms with Crippen LogP contribution in [0.15, 0.2) is 54.7 Å². The molecule has 0 saturated heterocycles. The molecular formula is C27H23N5O3. The van der Waals surface area contributed by atoms with Gasteiger partial charge in [0.2, 0.25) is 0 Å². The summed E-state index contributed by atoms with van der Waals surface area (Å²) in [4.78, 5) is 31.1. The second-order valence-corrected chi connectivity index (χ2v) is 7.48. The molecule has 0 aliphatic rings. The summed E-state index contributed by atoms with van der Waals surface area (Å²) in [5.41, 5.74) is 8.14. The Balaban J connectivity index is 2.01. The number of nitrogens with one attached hydrogen (secondary N) is 2. The molecule has 1 heterocycles. The van der Waals surface area contributed by atoms with Gasteiger partial charge in [0.05, 0.1) is 24.8 Å². The van der Waals surface area contributed by atoms with Crippen LogP contribution >= 0.6 is 0 Å². The van der Waals surface area contributed by atoms with Crippen molar-refractivity contribution < 1.29 is 14.3 Å². The fourth-order valence-electron chi connectivity index (χ4n) is 3.37. The number of amides is 2. The third-order valence-electron chi connectivity index (χ3n) is 5.19. The molecule has 2 amide bonds. The monoisotopic (exact) mass is 465 g/mol. The number of anilines is 1. The van der Waals surface area contributed by atoms with Crippen molar-refractivity contribution in [3.63, 3.8) is 0 Å². The van der Waals surface area contributed by atoms with Gasteiger partial charge < -0.3 is 20.7 Å². The number of ether oxygens (including phenoxy) is 1. The van der Waals surface area contributed by atoms with E-state index in [1.54, 1.807) is 60.5 Å². The van der Waals surface area contributed by atoms with E-state index >= 15 is 0 Å². The maximum atomic E-state index is 13.1. The number of hydrogen-bond donors (Lipinski definition) is 3. The van der Waals surface area contributed by atoms with Gasteiger partial charge in [0, 0.05) is 24.4 Å². The highest BCUT2D eigenvalue weighted by Crippen LogP contribution is 2.31. The number of carbonyl (C=O) groups is 2. The summed E-state index contributed by atoms with van der Waals surface area (Å²) < 4.78 is 5.38. The molecule has 0 unspecified atom stereocenters. The SMILES string of the molecule is C#CCN(C)C(=N)c1ccc(-c2cc(OC)c(C(N)=O)c(C(=O)Nc3ccc(C#C)cn3)c2)cc1. The van der Waals surface area contributed by atoms with Crippen LogP contribution in [0.4, 0.5) is 5.82 Å². The second kappa shape index (κ2) is 10.7. The van der Waals surface area contributed by atoms with Crippen LogP contribution in [-0.4, -0.2) is 48.2 Å².